The van der Waals surface area contributed by atoms with Crippen molar-refractivity contribution in [3.05, 3.63) is 54.4 Å². The van der Waals surface area contributed by atoms with E-state index in [1.54, 1.807) is 4.80 Å². The number of aromatic nitrogens is 4. The van der Waals surface area contributed by atoms with Gasteiger partial charge in [0.1, 0.15) is 11.0 Å². The van der Waals surface area contributed by atoms with Crippen LogP contribution in [0.15, 0.2) is 48.7 Å². The Hall–Kier alpha value is -2.23. The molecule has 4 heteroatoms. The first-order valence-electron chi connectivity index (χ1n) is 5.61. The molecule has 0 aliphatic rings. The Morgan fingerprint density at radius 2 is 1.59 bits per heavy atom. The van der Waals surface area contributed by atoms with E-state index in [4.69, 9.17) is 0 Å². The van der Waals surface area contributed by atoms with Crippen LogP contribution in [0.4, 0.5) is 0 Å². The Bertz CT molecular complexity index is 582. The normalized spacial score (nSPS) is 10.8. The Labute approximate surface area is 98.9 Å². The number of hydrogen-bond donors (Lipinski definition) is 0. The fourth-order valence-electron chi connectivity index (χ4n) is 1.76. The fourth-order valence-corrected chi connectivity index (χ4v) is 1.76. The zero-order valence-electron chi connectivity index (χ0n) is 9.32. The van der Waals surface area contributed by atoms with Gasteiger partial charge in [0.25, 0.3) is 0 Å². The largest absolute Gasteiger partial charge is 0.261 e. The molecule has 0 saturated carbocycles. The predicted molar refractivity (Wildman–Crippen MR) is 65.5 cm³/mol. The van der Waals surface area contributed by atoms with Crippen LogP contribution in [-0.2, 0) is 13.0 Å². The summed E-state index contributed by atoms with van der Waals surface area (Å²) in [5.74, 6) is 0. The van der Waals surface area contributed by atoms with Crippen molar-refractivity contribution >= 4 is 11.0 Å². The van der Waals surface area contributed by atoms with E-state index in [0.717, 1.165) is 29.7 Å². The van der Waals surface area contributed by atoms with Gasteiger partial charge in [-0.3, -0.25) is 4.98 Å². The second-order valence-corrected chi connectivity index (χ2v) is 3.86. The van der Waals surface area contributed by atoms with E-state index in [-0.39, 0.29) is 0 Å². The molecular weight excluding hydrogens is 212 g/mol. The Balaban J connectivity index is 1.77. The highest BCUT2D eigenvalue weighted by Gasteiger charge is 2.01. The Morgan fingerprint density at radius 3 is 2.24 bits per heavy atom. The van der Waals surface area contributed by atoms with Crippen LogP contribution in [0.3, 0.4) is 0 Å². The predicted octanol–water partition coefficient (Wildman–Crippen LogP) is 2.07. The van der Waals surface area contributed by atoms with Gasteiger partial charge in [-0.15, -0.1) is 0 Å². The maximum absolute atomic E-state index is 4.41. The van der Waals surface area contributed by atoms with Crippen molar-refractivity contribution in [1.29, 1.82) is 0 Å². The minimum atomic E-state index is 0.756. The lowest BCUT2D eigenvalue weighted by Gasteiger charge is -1.98. The molecule has 3 aromatic rings. The van der Waals surface area contributed by atoms with Crippen LogP contribution in [0.2, 0.25) is 0 Å². The summed E-state index contributed by atoms with van der Waals surface area (Å²) < 4.78 is 0. The van der Waals surface area contributed by atoms with Crippen LogP contribution in [-0.4, -0.2) is 20.0 Å². The van der Waals surface area contributed by atoms with Crippen LogP contribution >= 0.6 is 0 Å². The highest BCUT2D eigenvalue weighted by Crippen LogP contribution is 2.07. The smallest absolute Gasteiger partial charge is 0.113 e. The zero-order chi connectivity index (χ0) is 11.5. The molecule has 1 aromatic carbocycles. The number of benzene rings is 1. The molecule has 2 heterocycles. The highest BCUT2D eigenvalue weighted by molar-refractivity contribution is 5.72. The third-order valence-electron chi connectivity index (χ3n) is 2.62. The molecule has 0 amide bonds. The topological polar surface area (TPSA) is 43.6 Å². The second-order valence-electron chi connectivity index (χ2n) is 3.86. The van der Waals surface area contributed by atoms with E-state index in [9.17, 15) is 0 Å². The van der Waals surface area contributed by atoms with Gasteiger partial charge in [-0.25, -0.2) is 0 Å². The number of rotatable bonds is 3. The summed E-state index contributed by atoms with van der Waals surface area (Å²) in [6.45, 7) is 0.756. The fraction of sp³-hybridized carbons (Fsp3) is 0.154. The van der Waals surface area contributed by atoms with Gasteiger partial charge in [0, 0.05) is 18.3 Å². The molecule has 0 N–H and O–H groups in total. The Kier molecular flexibility index (Phi) is 2.54. The summed E-state index contributed by atoms with van der Waals surface area (Å²) in [5.41, 5.74) is 2.94. The third kappa shape index (κ3) is 2.15. The third-order valence-corrected chi connectivity index (χ3v) is 2.62. The number of fused-ring (bicyclic) bond motifs is 1. The first kappa shape index (κ1) is 9.96. The van der Waals surface area contributed by atoms with Crippen LogP contribution in [0.1, 0.15) is 5.69 Å². The van der Waals surface area contributed by atoms with Crippen molar-refractivity contribution in [3.8, 4) is 0 Å². The average Bonchev–Trinajstić information content (AvgIpc) is 2.80. The standard InChI is InChI=1S/C13H12N4/c1-2-7-13-12(6-1)15-17(16-13)10-8-11-5-3-4-9-14-11/h1-7,9H,8,10H2. The average molecular weight is 224 g/mol. The van der Waals surface area contributed by atoms with Crippen molar-refractivity contribution in [2.45, 2.75) is 13.0 Å². The van der Waals surface area contributed by atoms with Crippen molar-refractivity contribution in [3.63, 3.8) is 0 Å². The Morgan fingerprint density at radius 1 is 0.882 bits per heavy atom. The first-order valence-corrected chi connectivity index (χ1v) is 5.61. The molecule has 84 valence electrons. The lowest BCUT2D eigenvalue weighted by molar-refractivity contribution is 0.540. The summed E-state index contributed by atoms with van der Waals surface area (Å²) in [5, 5.41) is 8.81. The SMILES string of the molecule is c1ccc(CCn2nc3ccccc3n2)nc1. The molecule has 17 heavy (non-hydrogen) atoms. The van der Waals surface area contributed by atoms with E-state index < -0.39 is 0 Å². The van der Waals surface area contributed by atoms with Crippen LogP contribution in [0.25, 0.3) is 11.0 Å². The van der Waals surface area contributed by atoms with Gasteiger partial charge in [-0.1, -0.05) is 18.2 Å². The van der Waals surface area contributed by atoms with E-state index in [1.165, 1.54) is 0 Å². The molecule has 0 atom stereocenters. The van der Waals surface area contributed by atoms with Crippen molar-refractivity contribution in [1.82, 2.24) is 20.0 Å². The van der Waals surface area contributed by atoms with Crippen molar-refractivity contribution in [2.24, 2.45) is 0 Å². The number of pyridine rings is 1. The van der Waals surface area contributed by atoms with Gasteiger partial charge in [-0.2, -0.15) is 15.0 Å². The molecule has 0 fully saturated rings. The van der Waals surface area contributed by atoms with E-state index >= 15 is 0 Å². The lowest BCUT2D eigenvalue weighted by Crippen LogP contribution is -2.05. The summed E-state index contributed by atoms with van der Waals surface area (Å²) in [7, 11) is 0. The van der Waals surface area contributed by atoms with E-state index in [2.05, 4.69) is 15.2 Å². The monoisotopic (exact) mass is 224 g/mol. The molecular formula is C13H12N4. The maximum atomic E-state index is 4.41. The molecule has 0 unspecified atom stereocenters. The summed E-state index contributed by atoms with van der Waals surface area (Å²) >= 11 is 0. The van der Waals surface area contributed by atoms with Gasteiger partial charge in [-0.05, 0) is 24.3 Å². The molecule has 0 aliphatic heterocycles. The summed E-state index contributed by atoms with van der Waals surface area (Å²) in [6.07, 6.45) is 2.66. The van der Waals surface area contributed by atoms with Gasteiger partial charge in [0.15, 0.2) is 0 Å². The molecule has 2 aromatic heterocycles. The number of nitrogens with zero attached hydrogens (tertiary/aromatic N) is 4. The molecule has 4 nitrogen and oxygen atoms in total. The quantitative estimate of drug-likeness (QED) is 0.684. The van der Waals surface area contributed by atoms with Crippen LogP contribution in [0.5, 0.6) is 0 Å². The highest BCUT2D eigenvalue weighted by atomic mass is 15.5. The molecule has 0 bridgehead atoms. The van der Waals surface area contributed by atoms with Gasteiger partial charge >= 0.3 is 0 Å². The molecule has 3 rings (SSSR count). The van der Waals surface area contributed by atoms with E-state index in [1.807, 2.05) is 48.7 Å². The maximum Gasteiger partial charge on any atom is 0.113 e. The van der Waals surface area contributed by atoms with Gasteiger partial charge in [0.2, 0.25) is 0 Å². The second kappa shape index (κ2) is 4.33. The zero-order valence-corrected chi connectivity index (χ0v) is 9.32. The molecule has 0 spiro atoms. The molecule has 0 radical (unpaired) electrons. The van der Waals surface area contributed by atoms with Gasteiger partial charge < -0.3 is 0 Å². The summed E-state index contributed by atoms with van der Waals surface area (Å²) in [6, 6.07) is 13.8. The van der Waals surface area contributed by atoms with Crippen LogP contribution < -0.4 is 0 Å². The van der Waals surface area contributed by atoms with E-state index in [0.29, 0.717) is 0 Å². The molecule has 0 saturated heterocycles. The van der Waals surface area contributed by atoms with Crippen molar-refractivity contribution < 1.29 is 0 Å². The lowest BCUT2D eigenvalue weighted by atomic mass is 10.3. The van der Waals surface area contributed by atoms with Gasteiger partial charge in [0.05, 0.1) is 6.54 Å². The minimum absolute atomic E-state index is 0.756. The number of aryl methyl sites for hydroxylation is 2. The summed E-state index contributed by atoms with van der Waals surface area (Å²) in [4.78, 5) is 6.01. The van der Waals surface area contributed by atoms with Crippen molar-refractivity contribution in [2.75, 3.05) is 0 Å². The number of hydrogen-bond acceptors (Lipinski definition) is 3. The molecule has 0 aliphatic carbocycles. The first-order chi connectivity index (χ1) is 8.42. The van der Waals surface area contributed by atoms with Crippen LogP contribution in [0, 0.1) is 0 Å². The minimum Gasteiger partial charge on any atom is -0.261 e.